The lowest BCUT2D eigenvalue weighted by atomic mass is 10.3. The number of amides is 2. The van der Waals surface area contributed by atoms with Crippen LogP contribution in [0.25, 0.3) is 0 Å². The van der Waals surface area contributed by atoms with Gasteiger partial charge in [0.25, 0.3) is 0 Å². The summed E-state index contributed by atoms with van der Waals surface area (Å²) in [6.07, 6.45) is 0.582. The molecule has 0 fully saturated rings. The predicted molar refractivity (Wildman–Crippen MR) is 42.4 cm³/mol. The molecule has 5 heteroatoms. The van der Waals surface area contributed by atoms with Crippen molar-refractivity contribution in [3.05, 3.63) is 0 Å². The van der Waals surface area contributed by atoms with Crippen LogP contribution in [0.3, 0.4) is 0 Å². The van der Waals surface area contributed by atoms with E-state index in [0.29, 0.717) is 6.29 Å². The molecule has 0 aromatic rings. The van der Waals surface area contributed by atoms with E-state index in [2.05, 4.69) is 10.6 Å². The summed E-state index contributed by atoms with van der Waals surface area (Å²) in [5, 5.41) is 4.70. The number of carbonyl (C=O) groups is 3. The third kappa shape index (κ3) is 4.43. The molecule has 1 unspecified atom stereocenters. The van der Waals surface area contributed by atoms with Gasteiger partial charge in [-0.25, -0.2) is 0 Å². The highest BCUT2D eigenvalue weighted by Gasteiger charge is 2.11. The summed E-state index contributed by atoms with van der Waals surface area (Å²) < 4.78 is 0. The first-order valence-corrected chi connectivity index (χ1v) is 3.56. The summed E-state index contributed by atoms with van der Waals surface area (Å²) in [7, 11) is 0. The van der Waals surface area contributed by atoms with Crippen molar-refractivity contribution in [1.82, 2.24) is 10.6 Å². The zero-order valence-electron chi connectivity index (χ0n) is 7.09. The molecule has 1 atom stereocenters. The predicted octanol–water partition coefficient (Wildman–Crippen LogP) is -1.17. The van der Waals surface area contributed by atoms with Crippen LogP contribution in [0, 0.1) is 0 Å². The monoisotopic (exact) mass is 172 g/mol. The number of carbonyl (C=O) groups excluding carboxylic acids is 3. The van der Waals surface area contributed by atoms with Crippen molar-refractivity contribution in [2.45, 2.75) is 19.9 Å². The van der Waals surface area contributed by atoms with Crippen molar-refractivity contribution in [1.29, 1.82) is 0 Å². The van der Waals surface area contributed by atoms with E-state index in [1.54, 1.807) is 6.92 Å². The van der Waals surface area contributed by atoms with Crippen molar-refractivity contribution >= 4 is 18.1 Å². The SMILES string of the molecule is CC(=O)NC(C)C(=O)NCC=O. The maximum Gasteiger partial charge on any atom is 0.242 e. The Morgan fingerprint density at radius 1 is 1.50 bits per heavy atom. The normalized spacial score (nSPS) is 11.5. The van der Waals surface area contributed by atoms with E-state index < -0.39 is 6.04 Å². The molecule has 0 aromatic heterocycles. The second kappa shape index (κ2) is 5.29. The molecule has 0 rings (SSSR count). The minimum Gasteiger partial charge on any atom is -0.348 e. The summed E-state index contributed by atoms with van der Waals surface area (Å²) >= 11 is 0. The molecule has 0 aliphatic heterocycles. The molecule has 2 N–H and O–H groups in total. The number of rotatable bonds is 4. The van der Waals surface area contributed by atoms with Gasteiger partial charge in [-0.15, -0.1) is 0 Å². The molecular formula is C7H12N2O3. The van der Waals surface area contributed by atoms with Crippen LogP contribution >= 0.6 is 0 Å². The molecule has 0 aromatic carbocycles. The largest absolute Gasteiger partial charge is 0.348 e. The number of aldehydes is 1. The van der Waals surface area contributed by atoms with E-state index in [4.69, 9.17) is 0 Å². The summed E-state index contributed by atoms with van der Waals surface area (Å²) in [6, 6.07) is -0.595. The zero-order valence-corrected chi connectivity index (χ0v) is 7.09. The summed E-state index contributed by atoms with van der Waals surface area (Å²) in [4.78, 5) is 31.3. The van der Waals surface area contributed by atoms with E-state index in [1.807, 2.05) is 0 Å². The van der Waals surface area contributed by atoms with Crippen LogP contribution in [0.4, 0.5) is 0 Å². The Balaban J connectivity index is 3.76. The molecule has 0 saturated carbocycles. The van der Waals surface area contributed by atoms with Gasteiger partial charge in [0.1, 0.15) is 12.3 Å². The third-order valence-electron chi connectivity index (χ3n) is 1.17. The summed E-state index contributed by atoms with van der Waals surface area (Å²) in [5.41, 5.74) is 0. The Hall–Kier alpha value is -1.39. The molecule has 0 spiro atoms. The molecule has 0 heterocycles. The molecule has 12 heavy (non-hydrogen) atoms. The molecule has 2 amide bonds. The summed E-state index contributed by atoms with van der Waals surface area (Å²) in [6.45, 7) is 2.84. The van der Waals surface area contributed by atoms with Crippen LogP contribution in [0.2, 0.25) is 0 Å². The van der Waals surface area contributed by atoms with Gasteiger partial charge in [-0.05, 0) is 6.92 Å². The van der Waals surface area contributed by atoms with E-state index in [-0.39, 0.29) is 18.4 Å². The van der Waals surface area contributed by atoms with Crippen molar-refractivity contribution in [2.24, 2.45) is 0 Å². The van der Waals surface area contributed by atoms with Crippen molar-refractivity contribution in [3.8, 4) is 0 Å². The van der Waals surface area contributed by atoms with Crippen molar-refractivity contribution in [3.63, 3.8) is 0 Å². The van der Waals surface area contributed by atoms with Crippen LogP contribution < -0.4 is 10.6 Å². The number of nitrogens with one attached hydrogen (secondary N) is 2. The Bertz CT molecular complexity index is 191. The highest BCUT2D eigenvalue weighted by molar-refractivity contribution is 5.87. The van der Waals surface area contributed by atoms with E-state index in [1.165, 1.54) is 6.92 Å². The van der Waals surface area contributed by atoms with Crippen LogP contribution in [-0.4, -0.2) is 30.7 Å². The first-order valence-electron chi connectivity index (χ1n) is 3.56. The molecular weight excluding hydrogens is 160 g/mol. The smallest absolute Gasteiger partial charge is 0.242 e. The highest BCUT2D eigenvalue weighted by atomic mass is 16.2. The maximum atomic E-state index is 11.0. The second-order valence-corrected chi connectivity index (χ2v) is 2.33. The van der Waals surface area contributed by atoms with Crippen molar-refractivity contribution < 1.29 is 14.4 Å². The fraction of sp³-hybridized carbons (Fsp3) is 0.571. The fourth-order valence-electron chi connectivity index (χ4n) is 0.666. The number of hydrogen-bond acceptors (Lipinski definition) is 3. The molecule has 68 valence electrons. The summed E-state index contributed by atoms with van der Waals surface area (Å²) in [5.74, 6) is -0.638. The van der Waals surface area contributed by atoms with Gasteiger partial charge >= 0.3 is 0 Å². The molecule has 0 saturated heterocycles. The lowest BCUT2D eigenvalue weighted by Gasteiger charge is -2.10. The molecule has 0 aliphatic carbocycles. The van der Waals surface area contributed by atoms with Gasteiger partial charge in [0.15, 0.2) is 0 Å². The Labute approximate surface area is 70.5 Å². The molecule has 0 bridgehead atoms. The van der Waals surface area contributed by atoms with Gasteiger partial charge < -0.3 is 15.4 Å². The molecule has 0 radical (unpaired) electrons. The average Bonchev–Trinajstić information content (AvgIpc) is 1.98. The lowest BCUT2D eigenvalue weighted by molar-refractivity contribution is -0.128. The highest BCUT2D eigenvalue weighted by Crippen LogP contribution is 1.80. The molecule has 0 aliphatic rings. The van der Waals surface area contributed by atoms with Crippen molar-refractivity contribution in [2.75, 3.05) is 6.54 Å². The van der Waals surface area contributed by atoms with E-state index in [9.17, 15) is 14.4 Å². The minimum atomic E-state index is -0.595. The Kier molecular flexibility index (Phi) is 4.67. The van der Waals surface area contributed by atoms with Gasteiger partial charge in [-0.3, -0.25) is 9.59 Å². The zero-order chi connectivity index (χ0) is 9.56. The van der Waals surface area contributed by atoms with Crippen LogP contribution in [0.15, 0.2) is 0 Å². The fourth-order valence-corrected chi connectivity index (χ4v) is 0.666. The average molecular weight is 172 g/mol. The topological polar surface area (TPSA) is 75.3 Å². The van der Waals surface area contributed by atoms with Gasteiger partial charge in [0.2, 0.25) is 11.8 Å². The maximum absolute atomic E-state index is 11.0. The van der Waals surface area contributed by atoms with Crippen LogP contribution in [0.5, 0.6) is 0 Å². The second-order valence-electron chi connectivity index (χ2n) is 2.33. The first kappa shape index (κ1) is 10.6. The first-order chi connectivity index (χ1) is 5.57. The van der Waals surface area contributed by atoms with Gasteiger partial charge in [0.05, 0.1) is 6.54 Å². The minimum absolute atomic E-state index is 0.0250. The number of hydrogen-bond donors (Lipinski definition) is 2. The Morgan fingerprint density at radius 2 is 2.08 bits per heavy atom. The van der Waals surface area contributed by atoms with Gasteiger partial charge in [-0.1, -0.05) is 0 Å². The van der Waals surface area contributed by atoms with E-state index in [0.717, 1.165) is 0 Å². The quantitative estimate of drug-likeness (QED) is 0.524. The third-order valence-corrected chi connectivity index (χ3v) is 1.17. The van der Waals surface area contributed by atoms with Crippen LogP contribution in [0.1, 0.15) is 13.8 Å². The lowest BCUT2D eigenvalue weighted by Crippen LogP contribution is -2.44. The van der Waals surface area contributed by atoms with E-state index >= 15 is 0 Å². The standard InChI is InChI=1S/C7H12N2O3/c1-5(9-6(2)11)7(12)8-3-4-10/h4-5H,3H2,1-2H3,(H,8,12)(H,9,11). The Morgan fingerprint density at radius 3 is 2.50 bits per heavy atom. The van der Waals surface area contributed by atoms with Crippen LogP contribution in [-0.2, 0) is 14.4 Å². The van der Waals surface area contributed by atoms with Gasteiger partial charge in [0, 0.05) is 6.92 Å². The molecule has 5 nitrogen and oxygen atoms in total. The van der Waals surface area contributed by atoms with Gasteiger partial charge in [-0.2, -0.15) is 0 Å².